The normalized spacial score (nSPS) is 15.2. The minimum atomic E-state index is 0.0150. The summed E-state index contributed by atoms with van der Waals surface area (Å²) >= 11 is 0. The molecule has 1 nitrogen and oxygen atoms in total. The Balaban J connectivity index is 0.000000207. The summed E-state index contributed by atoms with van der Waals surface area (Å²) in [7, 11) is 0. The van der Waals surface area contributed by atoms with Crippen molar-refractivity contribution in [2.75, 3.05) is 4.90 Å². The van der Waals surface area contributed by atoms with Crippen molar-refractivity contribution in [3.8, 4) is 55.6 Å². The van der Waals surface area contributed by atoms with Gasteiger partial charge in [0.2, 0.25) is 0 Å². The van der Waals surface area contributed by atoms with E-state index in [0.717, 1.165) is 17.1 Å². The minimum absolute atomic E-state index is 0.0150. The second-order valence-electron chi connectivity index (χ2n) is 17.9. The van der Waals surface area contributed by atoms with Crippen LogP contribution in [0.15, 0.2) is 218 Å². The van der Waals surface area contributed by atoms with Crippen LogP contribution in [0.25, 0.3) is 55.6 Å². The Kier molecular flexibility index (Phi) is 10.5. The van der Waals surface area contributed by atoms with Crippen LogP contribution in [0.1, 0.15) is 67.3 Å². The van der Waals surface area contributed by atoms with Crippen LogP contribution in [-0.4, -0.2) is 0 Å². The van der Waals surface area contributed by atoms with E-state index in [9.17, 15) is 0 Å². The first-order chi connectivity index (χ1) is 30.7. The van der Waals surface area contributed by atoms with Gasteiger partial charge in [-0.25, -0.2) is 0 Å². The van der Waals surface area contributed by atoms with E-state index in [1.54, 1.807) is 0 Å². The summed E-state index contributed by atoms with van der Waals surface area (Å²) in [5.41, 5.74) is 23.7. The summed E-state index contributed by atoms with van der Waals surface area (Å²) in [4.78, 5) is 2.32. The summed E-state index contributed by atoms with van der Waals surface area (Å²) < 4.78 is 0. The van der Waals surface area contributed by atoms with Gasteiger partial charge in [0.05, 0.1) is 0 Å². The average molecular weight is 812 g/mol. The molecular formula is C62H53N. The van der Waals surface area contributed by atoms with Crippen LogP contribution < -0.4 is 4.90 Å². The molecule has 2 atom stereocenters. The van der Waals surface area contributed by atoms with E-state index in [4.69, 9.17) is 0 Å². The standard InChI is InChI=1S/C43H37N.C19H16/c1-28-29(2)37-27-42-40(36-17-11-12-18-41(36)43(42,3)4)26-39(37)38-25-31(21-24-35(28)38)30-19-22-34(23-20-30)44(32-13-7-5-8-14-32)33-15-9-6-10-16-33;1-15-12-18(16-8-4-2-5-9-16)14-19(13-15)17-10-6-3-7-11-17/h5-29H,1-4H3;2-14H,1H3. The van der Waals surface area contributed by atoms with Gasteiger partial charge in [-0.1, -0.05) is 191 Å². The Morgan fingerprint density at radius 1 is 0.333 bits per heavy atom. The van der Waals surface area contributed by atoms with E-state index >= 15 is 0 Å². The summed E-state index contributed by atoms with van der Waals surface area (Å²) in [6.07, 6.45) is 0. The van der Waals surface area contributed by atoms with Crippen molar-refractivity contribution in [1.82, 2.24) is 0 Å². The number of benzene rings is 9. The second-order valence-corrected chi connectivity index (χ2v) is 17.9. The third-order valence-electron chi connectivity index (χ3n) is 13.6. The smallest absolute Gasteiger partial charge is 0.0462 e. The van der Waals surface area contributed by atoms with Gasteiger partial charge < -0.3 is 4.90 Å². The molecule has 1 heteroatoms. The molecule has 9 aromatic carbocycles. The summed E-state index contributed by atoms with van der Waals surface area (Å²) in [6.45, 7) is 11.7. The van der Waals surface area contributed by atoms with Crippen molar-refractivity contribution in [3.63, 3.8) is 0 Å². The van der Waals surface area contributed by atoms with E-state index in [-0.39, 0.29) is 5.41 Å². The maximum atomic E-state index is 2.54. The van der Waals surface area contributed by atoms with Crippen LogP contribution in [0.2, 0.25) is 0 Å². The monoisotopic (exact) mass is 811 g/mol. The Hall–Kier alpha value is -7.22. The molecule has 306 valence electrons. The predicted molar refractivity (Wildman–Crippen MR) is 268 cm³/mol. The first kappa shape index (κ1) is 39.9. The van der Waals surface area contributed by atoms with Gasteiger partial charge in [-0.15, -0.1) is 0 Å². The molecule has 0 amide bonds. The lowest BCUT2D eigenvalue weighted by Crippen LogP contribution is -2.18. The van der Waals surface area contributed by atoms with Crippen LogP contribution in [-0.2, 0) is 5.41 Å². The summed E-state index contributed by atoms with van der Waals surface area (Å²) in [5, 5.41) is 0. The van der Waals surface area contributed by atoms with Gasteiger partial charge in [0, 0.05) is 22.5 Å². The molecule has 0 saturated heterocycles. The molecule has 0 heterocycles. The van der Waals surface area contributed by atoms with Crippen molar-refractivity contribution >= 4 is 17.1 Å². The molecule has 2 aliphatic rings. The number of anilines is 3. The predicted octanol–water partition coefficient (Wildman–Crippen LogP) is 17.3. The van der Waals surface area contributed by atoms with Crippen molar-refractivity contribution in [1.29, 1.82) is 0 Å². The van der Waals surface area contributed by atoms with Crippen LogP contribution in [0, 0.1) is 6.92 Å². The minimum Gasteiger partial charge on any atom is -0.311 e. The highest BCUT2D eigenvalue weighted by molar-refractivity contribution is 5.89. The largest absolute Gasteiger partial charge is 0.311 e. The molecule has 0 saturated carbocycles. The highest BCUT2D eigenvalue weighted by Crippen LogP contribution is 2.55. The Morgan fingerprint density at radius 2 is 0.794 bits per heavy atom. The molecular weight excluding hydrogens is 759 g/mol. The third-order valence-corrected chi connectivity index (χ3v) is 13.6. The van der Waals surface area contributed by atoms with E-state index in [2.05, 4.69) is 258 Å². The van der Waals surface area contributed by atoms with Gasteiger partial charge in [-0.05, 0) is 157 Å². The highest BCUT2D eigenvalue weighted by atomic mass is 15.1. The van der Waals surface area contributed by atoms with Crippen molar-refractivity contribution in [2.45, 2.75) is 51.9 Å². The average Bonchev–Trinajstić information content (AvgIpc) is 3.56. The Morgan fingerprint density at radius 3 is 1.38 bits per heavy atom. The lowest BCUT2D eigenvalue weighted by molar-refractivity contribution is 0.610. The van der Waals surface area contributed by atoms with Crippen molar-refractivity contribution < 1.29 is 0 Å². The third kappa shape index (κ3) is 7.49. The van der Waals surface area contributed by atoms with E-state index in [1.807, 2.05) is 0 Å². The molecule has 0 radical (unpaired) electrons. The topological polar surface area (TPSA) is 3.24 Å². The van der Waals surface area contributed by atoms with E-state index in [1.165, 1.54) is 83.5 Å². The molecule has 0 fully saturated rings. The lowest BCUT2D eigenvalue weighted by Gasteiger charge is -2.33. The summed E-state index contributed by atoms with van der Waals surface area (Å²) in [5.74, 6) is 0.929. The van der Waals surface area contributed by atoms with Gasteiger partial charge in [0.15, 0.2) is 0 Å². The number of rotatable bonds is 6. The zero-order valence-corrected chi connectivity index (χ0v) is 36.9. The highest BCUT2D eigenvalue weighted by Gasteiger charge is 2.38. The van der Waals surface area contributed by atoms with Gasteiger partial charge in [-0.3, -0.25) is 0 Å². The number of nitrogens with zero attached hydrogens (tertiary/aromatic N) is 1. The molecule has 0 aromatic heterocycles. The number of hydrogen-bond acceptors (Lipinski definition) is 1. The van der Waals surface area contributed by atoms with E-state index < -0.39 is 0 Å². The van der Waals surface area contributed by atoms with Gasteiger partial charge >= 0.3 is 0 Å². The fraction of sp³-hybridized carbons (Fsp3) is 0.129. The van der Waals surface area contributed by atoms with Crippen molar-refractivity contribution in [3.05, 3.63) is 246 Å². The number of hydrogen-bond donors (Lipinski definition) is 0. The fourth-order valence-electron chi connectivity index (χ4n) is 10.1. The number of aryl methyl sites for hydroxylation is 1. The first-order valence-corrected chi connectivity index (χ1v) is 22.4. The Bertz CT molecular complexity index is 2940. The quantitative estimate of drug-likeness (QED) is 0.162. The Labute approximate surface area is 374 Å². The number of fused-ring (bicyclic) bond motifs is 6. The number of para-hydroxylation sites is 2. The van der Waals surface area contributed by atoms with Gasteiger partial charge in [0.25, 0.3) is 0 Å². The fourth-order valence-corrected chi connectivity index (χ4v) is 10.1. The molecule has 9 aromatic rings. The van der Waals surface area contributed by atoms with Crippen LogP contribution in [0.4, 0.5) is 17.1 Å². The summed E-state index contributed by atoms with van der Waals surface area (Å²) in [6, 6.07) is 79.2. The first-order valence-electron chi connectivity index (χ1n) is 22.4. The van der Waals surface area contributed by atoms with Crippen LogP contribution in [0.3, 0.4) is 0 Å². The zero-order valence-electron chi connectivity index (χ0n) is 36.9. The molecule has 0 N–H and O–H groups in total. The molecule has 0 bridgehead atoms. The molecule has 0 aliphatic heterocycles. The van der Waals surface area contributed by atoms with Gasteiger partial charge in [-0.2, -0.15) is 0 Å². The van der Waals surface area contributed by atoms with E-state index in [0.29, 0.717) is 11.8 Å². The van der Waals surface area contributed by atoms with Gasteiger partial charge in [0.1, 0.15) is 0 Å². The maximum Gasteiger partial charge on any atom is 0.0462 e. The van der Waals surface area contributed by atoms with Crippen molar-refractivity contribution in [2.24, 2.45) is 0 Å². The second kappa shape index (κ2) is 16.6. The molecule has 0 spiro atoms. The molecule has 2 unspecified atom stereocenters. The molecule has 11 rings (SSSR count). The molecule has 2 aliphatic carbocycles. The molecule has 63 heavy (non-hydrogen) atoms. The zero-order chi connectivity index (χ0) is 43.1. The lowest BCUT2D eigenvalue weighted by atomic mass is 9.70. The SMILES string of the molecule is CC1c2ccc(-c3ccc(N(c4ccccc4)c4ccccc4)cc3)cc2-c2cc3c(cc2C1C)C(C)(C)c1ccccc1-3.Cc1cc(-c2ccccc2)cc(-c2ccccc2)c1. The maximum absolute atomic E-state index is 2.54. The van der Waals surface area contributed by atoms with Crippen LogP contribution >= 0.6 is 0 Å². The van der Waals surface area contributed by atoms with Crippen LogP contribution in [0.5, 0.6) is 0 Å².